The standard InChI is InChI=1S/C14H8FN3O3/c15-11-5-7(3-4-16-11)12(19)17-8-1-2-9-10(6-8)14(21)18-13(9)20/h1-6H,(H,17,19)(H,18,20,21). The van der Waals surface area contributed by atoms with Crippen molar-refractivity contribution >= 4 is 23.4 Å². The van der Waals surface area contributed by atoms with Crippen molar-refractivity contribution in [1.82, 2.24) is 10.3 Å². The van der Waals surface area contributed by atoms with E-state index in [9.17, 15) is 18.8 Å². The lowest BCUT2D eigenvalue weighted by atomic mass is 10.1. The van der Waals surface area contributed by atoms with Crippen molar-refractivity contribution < 1.29 is 18.8 Å². The van der Waals surface area contributed by atoms with E-state index in [1.54, 1.807) is 0 Å². The molecule has 0 saturated heterocycles. The average molecular weight is 285 g/mol. The molecule has 0 saturated carbocycles. The number of amides is 3. The zero-order chi connectivity index (χ0) is 15.0. The van der Waals surface area contributed by atoms with Crippen LogP contribution >= 0.6 is 0 Å². The molecular weight excluding hydrogens is 277 g/mol. The molecule has 1 aliphatic rings. The predicted octanol–water partition coefficient (Wildman–Crippen LogP) is 1.36. The fourth-order valence-electron chi connectivity index (χ4n) is 1.99. The van der Waals surface area contributed by atoms with Gasteiger partial charge in [0.1, 0.15) is 0 Å². The summed E-state index contributed by atoms with van der Waals surface area (Å²) in [6.45, 7) is 0. The summed E-state index contributed by atoms with van der Waals surface area (Å²) in [6.07, 6.45) is 1.18. The molecule has 1 aromatic heterocycles. The number of nitrogens with zero attached hydrogens (tertiary/aromatic N) is 1. The monoisotopic (exact) mass is 285 g/mol. The highest BCUT2D eigenvalue weighted by Gasteiger charge is 2.26. The Morgan fingerprint density at radius 1 is 1.10 bits per heavy atom. The molecule has 2 N–H and O–H groups in total. The molecule has 0 aliphatic carbocycles. The van der Waals surface area contributed by atoms with Gasteiger partial charge in [-0.05, 0) is 24.3 Å². The van der Waals surface area contributed by atoms with Crippen molar-refractivity contribution in [2.24, 2.45) is 0 Å². The maximum absolute atomic E-state index is 13.0. The first-order valence-corrected chi connectivity index (χ1v) is 5.97. The van der Waals surface area contributed by atoms with Crippen molar-refractivity contribution in [3.05, 3.63) is 59.2 Å². The van der Waals surface area contributed by atoms with Crippen LogP contribution in [0, 0.1) is 5.95 Å². The lowest BCUT2D eigenvalue weighted by Crippen LogP contribution is -2.19. The molecule has 0 fully saturated rings. The van der Waals surface area contributed by atoms with E-state index >= 15 is 0 Å². The Morgan fingerprint density at radius 3 is 2.62 bits per heavy atom. The van der Waals surface area contributed by atoms with E-state index in [1.165, 1.54) is 30.5 Å². The number of imide groups is 1. The predicted molar refractivity (Wildman–Crippen MR) is 70.4 cm³/mol. The molecule has 1 aliphatic heterocycles. The number of rotatable bonds is 2. The minimum atomic E-state index is -0.762. The summed E-state index contributed by atoms with van der Waals surface area (Å²) in [4.78, 5) is 38.2. The Balaban J connectivity index is 1.86. The number of halogens is 1. The van der Waals surface area contributed by atoms with E-state index in [0.717, 1.165) is 6.07 Å². The topological polar surface area (TPSA) is 88.2 Å². The molecule has 104 valence electrons. The molecule has 0 atom stereocenters. The molecule has 2 aromatic rings. The largest absolute Gasteiger partial charge is 0.322 e. The van der Waals surface area contributed by atoms with Gasteiger partial charge < -0.3 is 5.32 Å². The zero-order valence-corrected chi connectivity index (χ0v) is 10.5. The van der Waals surface area contributed by atoms with Gasteiger partial charge in [0, 0.05) is 23.5 Å². The quantitative estimate of drug-likeness (QED) is 0.644. The number of carbonyl (C=O) groups excluding carboxylic acids is 3. The van der Waals surface area contributed by atoms with Crippen LogP contribution in [0.25, 0.3) is 0 Å². The molecule has 2 heterocycles. The van der Waals surface area contributed by atoms with Crippen LogP contribution in [0.3, 0.4) is 0 Å². The van der Waals surface area contributed by atoms with Gasteiger partial charge >= 0.3 is 0 Å². The average Bonchev–Trinajstić information content (AvgIpc) is 2.74. The van der Waals surface area contributed by atoms with Crippen LogP contribution in [0.15, 0.2) is 36.5 Å². The highest BCUT2D eigenvalue weighted by Crippen LogP contribution is 2.20. The van der Waals surface area contributed by atoms with Crippen LogP contribution in [0.1, 0.15) is 31.1 Å². The summed E-state index contributed by atoms with van der Waals surface area (Å²) in [7, 11) is 0. The van der Waals surface area contributed by atoms with E-state index < -0.39 is 23.7 Å². The lowest BCUT2D eigenvalue weighted by Gasteiger charge is -2.06. The third-order valence-corrected chi connectivity index (χ3v) is 2.98. The van der Waals surface area contributed by atoms with E-state index in [1.807, 2.05) is 0 Å². The van der Waals surface area contributed by atoms with Crippen LogP contribution < -0.4 is 10.6 Å². The van der Waals surface area contributed by atoms with Crippen molar-refractivity contribution in [1.29, 1.82) is 0 Å². The van der Waals surface area contributed by atoms with Gasteiger partial charge in [0.25, 0.3) is 17.7 Å². The van der Waals surface area contributed by atoms with E-state index in [2.05, 4.69) is 15.6 Å². The third-order valence-electron chi connectivity index (χ3n) is 2.98. The molecule has 0 bridgehead atoms. The summed E-state index contributed by atoms with van der Waals surface area (Å²) in [5, 5.41) is 4.68. The summed E-state index contributed by atoms with van der Waals surface area (Å²) >= 11 is 0. The number of fused-ring (bicyclic) bond motifs is 1. The summed E-state index contributed by atoms with van der Waals surface area (Å²) < 4.78 is 13.0. The normalized spacial score (nSPS) is 12.8. The first-order valence-electron chi connectivity index (χ1n) is 5.97. The van der Waals surface area contributed by atoms with Gasteiger partial charge in [0.15, 0.2) is 0 Å². The van der Waals surface area contributed by atoms with Crippen molar-refractivity contribution in [2.75, 3.05) is 5.32 Å². The van der Waals surface area contributed by atoms with Gasteiger partial charge in [-0.1, -0.05) is 0 Å². The number of benzene rings is 1. The maximum atomic E-state index is 13.0. The summed E-state index contributed by atoms with van der Waals surface area (Å²) in [5.74, 6) is -2.28. The van der Waals surface area contributed by atoms with Crippen molar-refractivity contribution in [2.45, 2.75) is 0 Å². The van der Waals surface area contributed by atoms with Gasteiger partial charge in [-0.2, -0.15) is 4.39 Å². The number of aromatic nitrogens is 1. The van der Waals surface area contributed by atoms with E-state index in [0.29, 0.717) is 5.69 Å². The molecule has 7 heteroatoms. The molecule has 3 amide bonds. The Labute approximate surface area is 118 Å². The number of anilines is 1. The number of carbonyl (C=O) groups is 3. The smallest absolute Gasteiger partial charge is 0.259 e. The number of pyridine rings is 1. The van der Waals surface area contributed by atoms with Crippen LogP contribution in [-0.4, -0.2) is 22.7 Å². The van der Waals surface area contributed by atoms with E-state index in [-0.39, 0.29) is 16.7 Å². The van der Waals surface area contributed by atoms with Crippen molar-refractivity contribution in [3.8, 4) is 0 Å². The summed E-state index contributed by atoms with van der Waals surface area (Å²) in [6, 6.07) is 6.69. The number of hydrogen-bond acceptors (Lipinski definition) is 4. The minimum absolute atomic E-state index is 0.100. The molecular formula is C14H8FN3O3. The van der Waals surface area contributed by atoms with Gasteiger partial charge in [0.05, 0.1) is 11.1 Å². The van der Waals surface area contributed by atoms with Gasteiger partial charge in [-0.3, -0.25) is 19.7 Å². The second-order valence-electron chi connectivity index (χ2n) is 4.36. The highest BCUT2D eigenvalue weighted by atomic mass is 19.1. The molecule has 0 unspecified atom stereocenters. The minimum Gasteiger partial charge on any atom is -0.322 e. The van der Waals surface area contributed by atoms with Gasteiger partial charge in [0.2, 0.25) is 5.95 Å². The highest BCUT2D eigenvalue weighted by molar-refractivity contribution is 6.22. The van der Waals surface area contributed by atoms with Gasteiger partial charge in [-0.25, -0.2) is 4.98 Å². The molecule has 0 spiro atoms. The Hall–Kier alpha value is -3.09. The first-order chi connectivity index (χ1) is 10.0. The van der Waals surface area contributed by atoms with Crippen LogP contribution in [0.4, 0.5) is 10.1 Å². The third kappa shape index (κ3) is 2.36. The second kappa shape index (κ2) is 4.78. The molecule has 1 aromatic carbocycles. The lowest BCUT2D eigenvalue weighted by molar-refractivity contribution is 0.0878. The maximum Gasteiger partial charge on any atom is 0.259 e. The summed E-state index contributed by atoms with van der Waals surface area (Å²) in [5.41, 5.74) is 0.885. The Bertz CT molecular complexity index is 789. The fourth-order valence-corrected chi connectivity index (χ4v) is 1.99. The Kier molecular flexibility index (Phi) is 2.94. The molecule has 21 heavy (non-hydrogen) atoms. The number of nitrogens with one attached hydrogen (secondary N) is 2. The van der Waals surface area contributed by atoms with Crippen LogP contribution in [0.2, 0.25) is 0 Å². The van der Waals surface area contributed by atoms with Gasteiger partial charge in [-0.15, -0.1) is 0 Å². The molecule has 3 rings (SSSR count). The molecule has 6 nitrogen and oxygen atoms in total. The second-order valence-corrected chi connectivity index (χ2v) is 4.36. The van der Waals surface area contributed by atoms with E-state index in [4.69, 9.17) is 0 Å². The van der Waals surface area contributed by atoms with Crippen LogP contribution in [-0.2, 0) is 0 Å². The van der Waals surface area contributed by atoms with Crippen LogP contribution in [0.5, 0.6) is 0 Å². The van der Waals surface area contributed by atoms with Crippen molar-refractivity contribution in [3.63, 3.8) is 0 Å². The zero-order valence-electron chi connectivity index (χ0n) is 10.5. The SMILES string of the molecule is O=C(Nc1ccc2c(c1)C(=O)NC2=O)c1ccnc(F)c1. The molecule has 0 radical (unpaired) electrons. The number of hydrogen-bond donors (Lipinski definition) is 2. The fraction of sp³-hybridized carbons (Fsp3) is 0. The first kappa shape index (κ1) is 12.9. The Morgan fingerprint density at radius 2 is 1.86 bits per heavy atom.